The number of fused-ring (bicyclic) bond motifs is 3. The molecule has 2 fully saturated rings. The Morgan fingerprint density at radius 1 is 0.889 bits per heavy atom. The molecule has 5 rings (SSSR count). The van der Waals surface area contributed by atoms with Crippen molar-refractivity contribution in [3.05, 3.63) is 64.7 Å². The van der Waals surface area contributed by atoms with Gasteiger partial charge in [-0.05, 0) is 78.6 Å². The number of halogens is 8. The highest BCUT2D eigenvalue weighted by atomic mass is 35.5. The van der Waals surface area contributed by atoms with Gasteiger partial charge in [-0.15, -0.1) is 0 Å². The summed E-state index contributed by atoms with van der Waals surface area (Å²) in [6.07, 6.45) is -10.5. The molecule has 2 unspecified atom stereocenters. The fourth-order valence-electron chi connectivity index (χ4n) is 5.72. The summed E-state index contributed by atoms with van der Waals surface area (Å²) in [5.41, 5.74) is -6.22. The number of sulfone groups is 1. The first-order chi connectivity index (χ1) is 16.6. The summed E-state index contributed by atoms with van der Waals surface area (Å²) in [5, 5.41) is 0. The number of rotatable bonds is 4. The zero-order valence-corrected chi connectivity index (χ0v) is 20.2. The van der Waals surface area contributed by atoms with Crippen LogP contribution in [0.4, 0.5) is 30.7 Å². The Morgan fingerprint density at radius 2 is 1.50 bits per heavy atom. The molecule has 3 aliphatic rings. The molecule has 12 heteroatoms. The van der Waals surface area contributed by atoms with Crippen LogP contribution in [0.1, 0.15) is 53.9 Å². The Balaban J connectivity index is 1.66. The summed E-state index contributed by atoms with van der Waals surface area (Å²) in [5.74, 6) is 0.384. The summed E-state index contributed by atoms with van der Waals surface area (Å²) in [6.45, 7) is 0.144. The molecule has 36 heavy (non-hydrogen) atoms. The number of nitrogens with zero attached hydrogens (tertiary/aromatic N) is 1. The molecule has 2 aliphatic carbocycles. The van der Waals surface area contributed by atoms with Crippen molar-refractivity contribution in [2.45, 2.75) is 71.7 Å². The molecular formula is C24H21ClF7NO2S. The molecule has 0 radical (unpaired) electrons. The predicted molar refractivity (Wildman–Crippen MR) is 118 cm³/mol. The maximum Gasteiger partial charge on any atom is 0.435 e. The highest BCUT2D eigenvalue weighted by Gasteiger charge is 2.73. The lowest BCUT2D eigenvalue weighted by Gasteiger charge is -2.42. The fraction of sp³-hybridized carbons (Fsp3) is 0.500. The van der Waals surface area contributed by atoms with Crippen LogP contribution in [0, 0.1) is 0 Å². The summed E-state index contributed by atoms with van der Waals surface area (Å²) in [4.78, 5) is -0.00813. The average Bonchev–Trinajstić information content (AvgIpc) is 3.59. The number of alkyl halides is 7. The van der Waals surface area contributed by atoms with Crippen LogP contribution in [0.15, 0.2) is 47.4 Å². The Kier molecular flexibility index (Phi) is 5.78. The topological polar surface area (TPSA) is 37.4 Å². The van der Waals surface area contributed by atoms with Crippen molar-refractivity contribution in [3.63, 3.8) is 0 Å². The Morgan fingerprint density at radius 3 is 2.06 bits per heavy atom. The van der Waals surface area contributed by atoms with E-state index in [2.05, 4.69) is 0 Å². The maximum absolute atomic E-state index is 14.7. The molecule has 196 valence electrons. The van der Waals surface area contributed by atoms with Gasteiger partial charge >= 0.3 is 18.0 Å². The Hall–Kier alpha value is -1.85. The van der Waals surface area contributed by atoms with Gasteiger partial charge in [-0.1, -0.05) is 30.3 Å². The number of benzene rings is 2. The van der Waals surface area contributed by atoms with Gasteiger partial charge in [0.05, 0.1) is 4.90 Å². The molecule has 0 amide bonds. The van der Waals surface area contributed by atoms with Gasteiger partial charge in [0.1, 0.15) is 4.75 Å². The van der Waals surface area contributed by atoms with Crippen molar-refractivity contribution in [3.8, 4) is 0 Å². The molecular weight excluding hydrogens is 535 g/mol. The Bertz CT molecular complexity index is 1280. The molecule has 0 bridgehead atoms. The van der Waals surface area contributed by atoms with Gasteiger partial charge in [0.25, 0.3) is 0 Å². The minimum Gasteiger partial charge on any atom is -0.223 e. The molecule has 1 heterocycles. The van der Waals surface area contributed by atoms with E-state index in [1.807, 2.05) is 0 Å². The first-order valence-electron chi connectivity index (χ1n) is 11.4. The van der Waals surface area contributed by atoms with Crippen LogP contribution in [-0.2, 0) is 26.7 Å². The van der Waals surface area contributed by atoms with Gasteiger partial charge in [-0.2, -0.15) is 26.3 Å². The second-order valence-corrected chi connectivity index (χ2v) is 12.3. The average molecular weight is 556 g/mol. The molecule has 1 saturated carbocycles. The van der Waals surface area contributed by atoms with Gasteiger partial charge in [0, 0.05) is 18.2 Å². The molecule has 0 spiro atoms. The predicted octanol–water partition coefficient (Wildman–Crippen LogP) is 6.70. The number of aryl methyl sites for hydroxylation is 1. The van der Waals surface area contributed by atoms with Gasteiger partial charge in [-0.3, -0.25) is 0 Å². The minimum atomic E-state index is -6.26. The quantitative estimate of drug-likeness (QED) is 0.311. The second kappa shape index (κ2) is 8.07. The minimum absolute atomic E-state index is 0.00813. The van der Waals surface area contributed by atoms with E-state index in [0.29, 0.717) is 18.1 Å². The van der Waals surface area contributed by atoms with Crippen LogP contribution in [0.2, 0.25) is 0 Å². The van der Waals surface area contributed by atoms with E-state index < -0.39 is 44.2 Å². The maximum atomic E-state index is 14.7. The van der Waals surface area contributed by atoms with E-state index >= 15 is 0 Å². The van der Waals surface area contributed by atoms with Crippen molar-refractivity contribution in [2.24, 2.45) is 0 Å². The van der Waals surface area contributed by atoms with Crippen LogP contribution in [0.5, 0.6) is 0 Å². The fourth-order valence-corrected chi connectivity index (χ4v) is 8.49. The second-order valence-electron chi connectivity index (χ2n) is 9.69. The highest BCUT2D eigenvalue weighted by molar-refractivity contribution is 7.92. The largest absolute Gasteiger partial charge is 0.435 e. The smallest absolute Gasteiger partial charge is 0.223 e. The van der Waals surface area contributed by atoms with Crippen molar-refractivity contribution >= 4 is 21.6 Å². The molecule has 1 aliphatic heterocycles. The first-order valence-corrected chi connectivity index (χ1v) is 13.2. The van der Waals surface area contributed by atoms with Crippen LogP contribution < -0.4 is 0 Å². The summed E-state index contributed by atoms with van der Waals surface area (Å²) in [6, 6.07) is 7.45. The van der Waals surface area contributed by atoms with Gasteiger partial charge in [-0.25, -0.2) is 17.2 Å². The molecule has 2 aromatic carbocycles. The summed E-state index contributed by atoms with van der Waals surface area (Å²) < 4.78 is 123. The van der Waals surface area contributed by atoms with Crippen LogP contribution in [0.25, 0.3) is 0 Å². The molecule has 0 aromatic heterocycles. The monoisotopic (exact) mass is 555 g/mol. The molecule has 3 nitrogen and oxygen atoms in total. The third kappa shape index (κ3) is 3.52. The summed E-state index contributed by atoms with van der Waals surface area (Å²) >= 11 is 6.35. The van der Waals surface area contributed by atoms with Crippen LogP contribution in [-0.4, -0.2) is 37.8 Å². The van der Waals surface area contributed by atoms with E-state index in [1.54, 1.807) is 12.1 Å². The van der Waals surface area contributed by atoms with E-state index in [0.717, 1.165) is 24.5 Å². The number of hydrogen-bond acceptors (Lipinski definition) is 3. The molecule has 2 aromatic rings. The van der Waals surface area contributed by atoms with Gasteiger partial charge in [0.2, 0.25) is 0 Å². The molecule has 1 saturated heterocycles. The van der Waals surface area contributed by atoms with Crippen molar-refractivity contribution in [1.82, 2.24) is 4.42 Å². The highest BCUT2D eigenvalue weighted by Crippen LogP contribution is 2.57. The lowest BCUT2D eigenvalue weighted by Crippen LogP contribution is -2.51. The molecule has 2 atom stereocenters. The standard InChI is InChI=1S/C24H21ClF7NO2S/c25-33-12-11-21(36(34,35)18-7-3-15(4-8-18)14-1-2-14)19-9-6-17(13-16(19)5-10-20(21)33)22(26,23(27,28)29)24(30,31)32/h3-4,6-9,13-14,20H,1-2,5,10-12H2. The van der Waals surface area contributed by atoms with E-state index in [-0.39, 0.29) is 41.8 Å². The Labute approximate surface area is 208 Å². The zero-order valence-electron chi connectivity index (χ0n) is 18.6. The third-order valence-electron chi connectivity index (χ3n) is 7.72. The SMILES string of the molecule is O=S(=O)(c1ccc(C2CC2)cc1)C12CCN(Cl)C1CCc1cc(C(F)(C(F)(F)F)C(F)(F)F)ccc12. The third-order valence-corrected chi connectivity index (χ3v) is 10.7. The van der Waals surface area contributed by atoms with Crippen molar-refractivity contribution in [2.75, 3.05) is 6.54 Å². The van der Waals surface area contributed by atoms with Crippen molar-refractivity contribution in [1.29, 1.82) is 0 Å². The lowest BCUT2D eigenvalue weighted by atomic mass is 9.77. The van der Waals surface area contributed by atoms with Gasteiger partial charge in [0.15, 0.2) is 9.84 Å². The molecule has 0 N–H and O–H groups in total. The van der Waals surface area contributed by atoms with Crippen LogP contribution >= 0.6 is 11.8 Å². The van der Waals surface area contributed by atoms with Crippen molar-refractivity contribution < 1.29 is 39.2 Å². The van der Waals surface area contributed by atoms with Gasteiger partial charge < -0.3 is 0 Å². The zero-order chi connectivity index (χ0) is 26.3. The number of hydrogen-bond donors (Lipinski definition) is 0. The van der Waals surface area contributed by atoms with E-state index in [9.17, 15) is 39.2 Å². The van der Waals surface area contributed by atoms with E-state index in [1.165, 1.54) is 16.6 Å². The summed E-state index contributed by atoms with van der Waals surface area (Å²) in [7, 11) is -4.20. The van der Waals surface area contributed by atoms with Crippen LogP contribution in [0.3, 0.4) is 0 Å². The first kappa shape index (κ1) is 25.8. The normalized spacial score (nSPS) is 25.5. The van der Waals surface area contributed by atoms with E-state index in [4.69, 9.17) is 11.8 Å². The lowest BCUT2D eigenvalue weighted by molar-refractivity contribution is -0.348.